The summed E-state index contributed by atoms with van der Waals surface area (Å²) in [6.07, 6.45) is 1.02. The van der Waals surface area contributed by atoms with E-state index in [2.05, 4.69) is 15.3 Å². The molecule has 0 aliphatic carbocycles. The molecule has 1 aromatic carbocycles. The Balaban J connectivity index is 1.68. The van der Waals surface area contributed by atoms with E-state index >= 15 is 0 Å². The molecule has 0 fully saturated rings. The van der Waals surface area contributed by atoms with E-state index in [-0.39, 0.29) is 11.4 Å². The topological polar surface area (TPSA) is 73.3 Å². The summed E-state index contributed by atoms with van der Waals surface area (Å²) in [5.74, 6) is -0.363. The maximum Gasteiger partial charge on any atom is 0.412 e. The Kier molecular flexibility index (Phi) is 5.60. The highest BCUT2D eigenvalue weighted by Gasteiger charge is 2.18. The standard InChI is InChI=1S/C20H20FN3O3S/c1-12-5-6-13(10-22-12)17-11-28-19(24-17)26-14-7-8-16(15(21)9-14)23-18(25)27-20(2,3)4/h5-11H,1-4H3,(H,23,25). The van der Waals surface area contributed by atoms with E-state index < -0.39 is 17.5 Å². The number of thiazole rings is 1. The molecule has 3 aromatic rings. The molecule has 2 heterocycles. The molecule has 146 valence electrons. The average Bonchev–Trinajstić information content (AvgIpc) is 3.05. The lowest BCUT2D eigenvalue weighted by molar-refractivity contribution is 0.0635. The molecule has 1 amide bonds. The molecule has 3 rings (SSSR count). The Morgan fingerprint density at radius 3 is 2.64 bits per heavy atom. The number of aromatic nitrogens is 2. The number of aryl methyl sites for hydroxylation is 1. The van der Waals surface area contributed by atoms with Gasteiger partial charge in [0.2, 0.25) is 0 Å². The summed E-state index contributed by atoms with van der Waals surface area (Å²) in [7, 11) is 0. The molecule has 0 saturated carbocycles. The predicted octanol–water partition coefficient (Wildman–Crippen LogP) is 5.79. The van der Waals surface area contributed by atoms with Crippen molar-refractivity contribution < 1.29 is 18.7 Å². The Hall–Kier alpha value is -3.00. The second-order valence-electron chi connectivity index (χ2n) is 7.06. The van der Waals surface area contributed by atoms with E-state index in [1.54, 1.807) is 33.0 Å². The summed E-state index contributed by atoms with van der Waals surface area (Å²) in [6.45, 7) is 7.10. The lowest BCUT2D eigenvalue weighted by Gasteiger charge is -2.19. The van der Waals surface area contributed by atoms with Crippen LogP contribution in [-0.4, -0.2) is 21.7 Å². The molecule has 0 aliphatic rings. The molecule has 1 N–H and O–H groups in total. The fraction of sp³-hybridized carbons (Fsp3) is 0.250. The second kappa shape index (κ2) is 7.93. The highest BCUT2D eigenvalue weighted by Crippen LogP contribution is 2.31. The van der Waals surface area contributed by atoms with Gasteiger partial charge in [-0.2, -0.15) is 0 Å². The van der Waals surface area contributed by atoms with Gasteiger partial charge in [-0.3, -0.25) is 10.3 Å². The van der Waals surface area contributed by atoms with Crippen LogP contribution in [-0.2, 0) is 4.74 Å². The van der Waals surface area contributed by atoms with Crippen LogP contribution in [0, 0.1) is 12.7 Å². The smallest absolute Gasteiger partial charge is 0.412 e. The molecule has 6 nitrogen and oxygen atoms in total. The molecular weight excluding hydrogens is 381 g/mol. The molecule has 0 saturated heterocycles. The van der Waals surface area contributed by atoms with E-state index in [9.17, 15) is 9.18 Å². The van der Waals surface area contributed by atoms with Crippen molar-refractivity contribution in [3.8, 4) is 22.2 Å². The first-order chi connectivity index (χ1) is 13.2. The van der Waals surface area contributed by atoms with Gasteiger partial charge in [-0.25, -0.2) is 14.2 Å². The minimum absolute atomic E-state index is 0.00663. The van der Waals surface area contributed by atoms with Gasteiger partial charge in [-0.1, -0.05) is 11.3 Å². The van der Waals surface area contributed by atoms with Crippen molar-refractivity contribution in [3.63, 3.8) is 0 Å². The van der Waals surface area contributed by atoms with Crippen LogP contribution >= 0.6 is 11.3 Å². The number of hydrogen-bond donors (Lipinski definition) is 1. The van der Waals surface area contributed by atoms with Gasteiger partial charge in [0.1, 0.15) is 11.4 Å². The van der Waals surface area contributed by atoms with Crippen molar-refractivity contribution in [2.75, 3.05) is 5.32 Å². The van der Waals surface area contributed by atoms with Crippen molar-refractivity contribution in [2.24, 2.45) is 0 Å². The van der Waals surface area contributed by atoms with Crippen molar-refractivity contribution in [1.82, 2.24) is 9.97 Å². The van der Waals surface area contributed by atoms with E-state index in [0.717, 1.165) is 17.0 Å². The van der Waals surface area contributed by atoms with Gasteiger partial charge in [0.25, 0.3) is 5.19 Å². The normalized spacial score (nSPS) is 11.2. The number of pyridine rings is 1. The first-order valence-electron chi connectivity index (χ1n) is 8.55. The van der Waals surface area contributed by atoms with E-state index in [1.165, 1.54) is 23.5 Å². The maximum absolute atomic E-state index is 14.3. The molecule has 0 unspecified atom stereocenters. The molecule has 0 aliphatic heterocycles. The lowest BCUT2D eigenvalue weighted by atomic mass is 10.2. The molecule has 0 radical (unpaired) electrons. The fourth-order valence-electron chi connectivity index (χ4n) is 2.23. The van der Waals surface area contributed by atoms with Crippen LogP contribution in [0.2, 0.25) is 0 Å². The first-order valence-corrected chi connectivity index (χ1v) is 9.43. The molecule has 2 aromatic heterocycles. The maximum atomic E-state index is 14.3. The highest BCUT2D eigenvalue weighted by molar-refractivity contribution is 7.11. The third kappa shape index (κ3) is 5.26. The number of rotatable bonds is 4. The van der Waals surface area contributed by atoms with Crippen LogP contribution in [0.4, 0.5) is 14.9 Å². The van der Waals surface area contributed by atoms with Gasteiger partial charge in [0, 0.05) is 28.9 Å². The van der Waals surface area contributed by atoms with Crippen molar-refractivity contribution in [1.29, 1.82) is 0 Å². The van der Waals surface area contributed by atoms with Crippen molar-refractivity contribution in [2.45, 2.75) is 33.3 Å². The lowest BCUT2D eigenvalue weighted by Crippen LogP contribution is -2.27. The largest absolute Gasteiger partial charge is 0.444 e. The number of nitrogens with zero attached hydrogens (tertiary/aromatic N) is 2. The number of amides is 1. The summed E-state index contributed by atoms with van der Waals surface area (Å²) in [5, 5.41) is 4.60. The Morgan fingerprint density at radius 1 is 1.21 bits per heavy atom. The predicted molar refractivity (Wildman–Crippen MR) is 106 cm³/mol. The number of nitrogens with one attached hydrogen (secondary N) is 1. The molecular formula is C20H20FN3O3S. The zero-order chi connectivity index (χ0) is 20.3. The Morgan fingerprint density at radius 2 is 2.00 bits per heavy atom. The van der Waals surface area contributed by atoms with Gasteiger partial charge in [0.05, 0.1) is 11.4 Å². The van der Waals surface area contributed by atoms with Gasteiger partial charge >= 0.3 is 6.09 Å². The van der Waals surface area contributed by atoms with E-state index in [0.29, 0.717) is 5.19 Å². The third-order valence-corrected chi connectivity index (χ3v) is 4.19. The zero-order valence-corrected chi connectivity index (χ0v) is 16.8. The second-order valence-corrected chi connectivity index (χ2v) is 7.88. The number of benzene rings is 1. The third-order valence-electron chi connectivity index (χ3n) is 3.47. The minimum Gasteiger partial charge on any atom is -0.444 e. The quantitative estimate of drug-likeness (QED) is 0.599. The monoisotopic (exact) mass is 401 g/mol. The molecule has 8 heteroatoms. The number of anilines is 1. The summed E-state index contributed by atoms with van der Waals surface area (Å²) in [5.41, 5.74) is 1.87. The molecule has 0 spiro atoms. The van der Waals surface area contributed by atoms with Crippen LogP contribution < -0.4 is 10.1 Å². The van der Waals surface area contributed by atoms with Crippen LogP contribution in [0.1, 0.15) is 26.5 Å². The van der Waals surface area contributed by atoms with E-state index in [1.807, 2.05) is 24.4 Å². The van der Waals surface area contributed by atoms with Crippen LogP contribution in [0.3, 0.4) is 0 Å². The van der Waals surface area contributed by atoms with Gasteiger partial charge in [-0.05, 0) is 52.0 Å². The number of ether oxygens (including phenoxy) is 2. The zero-order valence-electron chi connectivity index (χ0n) is 15.9. The van der Waals surface area contributed by atoms with Crippen LogP contribution in [0.5, 0.6) is 10.9 Å². The highest BCUT2D eigenvalue weighted by atomic mass is 32.1. The van der Waals surface area contributed by atoms with E-state index in [4.69, 9.17) is 9.47 Å². The van der Waals surface area contributed by atoms with Crippen molar-refractivity contribution >= 4 is 23.1 Å². The Labute approximate surface area is 166 Å². The summed E-state index contributed by atoms with van der Waals surface area (Å²) in [4.78, 5) is 20.4. The number of carbonyl (C=O) groups is 1. The van der Waals surface area contributed by atoms with Gasteiger partial charge < -0.3 is 9.47 Å². The Bertz CT molecular complexity index is 981. The molecule has 0 atom stereocenters. The van der Waals surface area contributed by atoms with Crippen LogP contribution in [0.15, 0.2) is 41.9 Å². The average molecular weight is 401 g/mol. The minimum atomic E-state index is -0.726. The van der Waals surface area contributed by atoms with Gasteiger partial charge in [-0.15, -0.1) is 0 Å². The molecule has 0 bridgehead atoms. The van der Waals surface area contributed by atoms with Crippen molar-refractivity contribution in [3.05, 3.63) is 53.4 Å². The molecule has 28 heavy (non-hydrogen) atoms. The summed E-state index contributed by atoms with van der Waals surface area (Å²) in [6, 6.07) is 7.97. The first kappa shape index (κ1) is 19.8. The summed E-state index contributed by atoms with van der Waals surface area (Å²) >= 11 is 1.30. The van der Waals surface area contributed by atoms with Gasteiger partial charge in [0.15, 0.2) is 5.82 Å². The van der Waals surface area contributed by atoms with Crippen LogP contribution in [0.25, 0.3) is 11.3 Å². The number of halogens is 1. The number of hydrogen-bond acceptors (Lipinski definition) is 6. The SMILES string of the molecule is Cc1ccc(-c2csc(Oc3ccc(NC(=O)OC(C)(C)C)c(F)c3)n2)cn1. The fourth-order valence-corrected chi connectivity index (χ4v) is 2.93. The number of carbonyl (C=O) groups excluding carboxylic acids is 1. The summed E-state index contributed by atoms with van der Waals surface area (Å²) < 4.78 is 25.0.